The summed E-state index contributed by atoms with van der Waals surface area (Å²) in [5, 5.41) is 3.45. The van der Waals surface area contributed by atoms with Gasteiger partial charge in [0, 0.05) is 45.0 Å². The van der Waals surface area contributed by atoms with Crippen LogP contribution in [0.1, 0.15) is 44.6 Å². The number of ether oxygens (including phenoxy) is 3. The van der Waals surface area contributed by atoms with Crippen LogP contribution < -0.4 is 10.1 Å². The summed E-state index contributed by atoms with van der Waals surface area (Å²) in [5.41, 5.74) is 1.04. The van der Waals surface area contributed by atoms with Crippen molar-refractivity contribution >= 4 is 5.96 Å². The molecule has 3 heterocycles. The van der Waals surface area contributed by atoms with Gasteiger partial charge in [0.2, 0.25) is 5.88 Å². The van der Waals surface area contributed by atoms with E-state index in [9.17, 15) is 0 Å². The molecular formula is C21H34N4O3. The van der Waals surface area contributed by atoms with Crippen molar-refractivity contribution < 1.29 is 14.2 Å². The van der Waals surface area contributed by atoms with E-state index in [4.69, 9.17) is 14.2 Å². The molecule has 2 saturated heterocycles. The largest absolute Gasteiger partial charge is 0.478 e. The summed E-state index contributed by atoms with van der Waals surface area (Å²) >= 11 is 0. The van der Waals surface area contributed by atoms with Gasteiger partial charge in [-0.1, -0.05) is 6.07 Å². The molecule has 1 aromatic rings. The Morgan fingerprint density at radius 3 is 2.89 bits per heavy atom. The number of nitrogens with one attached hydrogen (secondary N) is 1. The van der Waals surface area contributed by atoms with Gasteiger partial charge in [-0.15, -0.1) is 0 Å². The van der Waals surface area contributed by atoms with Gasteiger partial charge < -0.3 is 24.4 Å². The number of guanidine groups is 1. The van der Waals surface area contributed by atoms with E-state index in [2.05, 4.69) is 20.2 Å². The maximum absolute atomic E-state index is 6.12. The van der Waals surface area contributed by atoms with Crippen molar-refractivity contribution in [2.75, 3.05) is 40.0 Å². The maximum atomic E-state index is 6.12. The van der Waals surface area contributed by atoms with Gasteiger partial charge in [-0.3, -0.25) is 4.99 Å². The van der Waals surface area contributed by atoms with Gasteiger partial charge in [0.25, 0.3) is 0 Å². The molecule has 156 valence electrons. The molecule has 0 aromatic carbocycles. The zero-order chi connectivity index (χ0) is 19.6. The number of pyridine rings is 1. The molecule has 2 fully saturated rings. The lowest BCUT2D eigenvalue weighted by atomic mass is 10.1. The van der Waals surface area contributed by atoms with Crippen LogP contribution in [0.3, 0.4) is 0 Å². The Morgan fingerprint density at radius 2 is 2.18 bits per heavy atom. The summed E-state index contributed by atoms with van der Waals surface area (Å²) in [7, 11) is 1.83. The Bertz CT molecular complexity index is 611. The molecular weight excluding hydrogens is 356 g/mol. The zero-order valence-electron chi connectivity index (χ0n) is 17.2. The minimum Gasteiger partial charge on any atom is -0.478 e. The molecule has 7 nitrogen and oxygen atoms in total. The van der Waals surface area contributed by atoms with Crippen LogP contribution in [0.2, 0.25) is 0 Å². The first kappa shape index (κ1) is 20.9. The molecule has 0 saturated carbocycles. The summed E-state index contributed by atoms with van der Waals surface area (Å²) in [6.45, 7) is 6.73. The molecule has 1 N–H and O–H groups in total. The first-order valence-electron chi connectivity index (χ1n) is 10.6. The van der Waals surface area contributed by atoms with Gasteiger partial charge in [-0.2, -0.15) is 0 Å². The summed E-state index contributed by atoms with van der Waals surface area (Å²) in [6.07, 6.45) is 7.99. The molecule has 2 aliphatic rings. The summed E-state index contributed by atoms with van der Waals surface area (Å²) in [6, 6.07) is 3.97. The van der Waals surface area contributed by atoms with Crippen LogP contribution in [0.4, 0.5) is 0 Å². The van der Waals surface area contributed by atoms with E-state index < -0.39 is 0 Å². The van der Waals surface area contributed by atoms with Gasteiger partial charge in [-0.25, -0.2) is 4.98 Å². The second-order valence-electron chi connectivity index (χ2n) is 7.31. The minimum absolute atomic E-state index is 0.292. The normalized spacial score (nSPS) is 21.6. The lowest BCUT2D eigenvalue weighted by Gasteiger charge is -2.35. The fourth-order valence-corrected chi connectivity index (χ4v) is 3.75. The van der Waals surface area contributed by atoms with Gasteiger partial charge in [0.1, 0.15) is 0 Å². The van der Waals surface area contributed by atoms with Gasteiger partial charge in [0.05, 0.1) is 25.4 Å². The van der Waals surface area contributed by atoms with Crippen LogP contribution in [0, 0.1) is 0 Å². The van der Waals surface area contributed by atoms with Crippen molar-refractivity contribution in [2.45, 2.75) is 57.8 Å². The molecule has 1 aromatic heterocycles. The van der Waals surface area contributed by atoms with Crippen molar-refractivity contribution in [3.05, 3.63) is 23.9 Å². The van der Waals surface area contributed by atoms with Crippen molar-refractivity contribution in [1.29, 1.82) is 0 Å². The van der Waals surface area contributed by atoms with Crippen LogP contribution in [0.5, 0.6) is 5.88 Å². The highest BCUT2D eigenvalue weighted by atomic mass is 16.5. The lowest BCUT2D eigenvalue weighted by Crippen LogP contribution is -2.47. The zero-order valence-corrected chi connectivity index (χ0v) is 17.2. The third-order valence-electron chi connectivity index (χ3n) is 5.31. The fourth-order valence-electron chi connectivity index (χ4n) is 3.75. The number of aromatic nitrogens is 1. The predicted molar refractivity (Wildman–Crippen MR) is 110 cm³/mol. The predicted octanol–water partition coefficient (Wildman–Crippen LogP) is 2.61. The van der Waals surface area contributed by atoms with E-state index in [0.29, 0.717) is 31.2 Å². The highest BCUT2D eigenvalue weighted by Gasteiger charge is 2.24. The molecule has 0 radical (unpaired) electrons. The summed E-state index contributed by atoms with van der Waals surface area (Å²) in [5.74, 6) is 1.60. The Hall–Kier alpha value is -1.86. The quantitative estimate of drug-likeness (QED) is 0.570. The van der Waals surface area contributed by atoms with Crippen molar-refractivity contribution in [2.24, 2.45) is 4.99 Å². The Labute approximate surface area is 168 Å². The van der Waals surface area contributed by atoms with Gasteiger partial charge >= 0.3 is 0 Å². The highest BCUT2D eigenvalue weighted by molar-refractivity contribution is 5.80. The van der Waals surface area contributed by atoms with Crippen LogP contribution >= 0.6 is 0 Å². The third kappa shape index (κ3) is 6.07. The summed E-state index contributed by atoms with van der Waals surface area (Å²) in [4.78, 5) is 11.1. The number of likely N-dealkylation sites (tertiary alicyclic amines) is 1. The van der Waals surface area contributed by atoms with Crippen molar-refractivity contribution in [1.82, 2.24) is 15.2 Å². The molecule has 3 rings (SSSR count). The monoisotopic (exact) mass is 390 g/mol. The van der Waals surface area contributed by atoms with E-state index in [0.717, 1.165) is 57.1 Å². The molecule has 1 unspecified atom stereocenters. The molecule has 0 bridgehead atoms. The standard InChI is InChI=1S/C21H34N4O3/c1-3-26-20-17(7-6-11-23-20)15-24-21(22-2)25-12-9-18(10-13-25)28-16-19-8-4-5-14-27-19/h6-7,11,18-19H,3-5,8-10,12-16H2,1-2H3,(H,22,24). The van der Waals surface area contributed by atoms with Crippen LogP contribution in [-0.2, 0) is 16.0 Å². The van der Waals surface area contributed by atoms with E-state index in [1.54, 1.807) is 6.20 Å². The molecule has 0 spiro atoms. The van der Waals surface area contributed by atoms with Gasteiger partial charge in [-0.05, 0) is 45.1 Å². The van der Waals surface area contributed by atoms with Crippen LogP contribution in [0.15, 0.2) is 23.3 Å². The number of nitrogens with zero attached hydrogens (tertiary/aromatic N) is 3. The molecule has 7 heteroatoms. The maximum Gasteiger partial charge on any atom is 0.218 e. The number of piperidine rings is 1. The average Bonchev–Trinajstić information content (AvgIpc) is 2.75. The number of hydrogen-bond donors (Lipinski definition) is 1. The highest BCUT2D eigenvalue weighted by Crippen LogP contribution is 2.18. The molecule has 0 amide bonds. The van der Waals surface area contributed by atoms with E-state index >= 15 is 0 Å². The number of hydrogen-bond acceptors (Lipinski definition) is 5. The molecule has 0 aliphatic carbocycles. The Morgan fingerprint density at radius 1 is 1.32 bits per heavy atom. The van der Waals surface area contributed by atoms with Crippen LogP contribution in [-0.4, -0.2) is 68.0 Å². The summed E-state index contributed by atoms with van der Waals surface area (Å²) < 4.78 is 17.5. The fraction of sp³-hybridized carbons (Fsp3) is 0.714. The minimum atomic E-state index is 0.292. The van der Waals surface area contributed by atoms with E-state index in [-0.39, 0.29) is 0 Å². The lowest BCUT2D eigenvalue weighted by molar-refractivity contribution is -0.0721. The topological polar surface area (TPSA) is 68.2 Å². The van der Waals surface area contributed by atoms with Crippen molar-refractivity contribution in [3.63, 3.8) is 0 Å². The number of aliphatic imine (C=N–C) groups is 1. The first-order chi connectivity index (χ1) is 13.8. The third-order valence-corrected chi connectivity index (χ3v) is 5.31. The second kappa shape index (κ2) is 11.2. The molecule has 2 aliphatic heterocycles. The van der Waals surface area contributed by atoms with Crippen molar-refractivity contribution in [3.8, 4) is 5.88 Å². The SMILES string of the molecule is CCOc1ncccc1CNC(=NC)N1CCC(OCC2CCCCO2)CC1. The second-order valence-corrected chi connectivity index (χ2v) is 7.31. The van der Waals surface area contributed by atoms with Crippen LogP contribution in [0.25, 0.3) is 0 Å². The van der Waals surface area contributed by atoms with E-state index in [1.165, 1.54) is 12.8 Å². The smallest absolute Gasteiger partial charge is 0.218 e. The number of rotatable bonds is 7. The average molecular weight is 391 g/mol. The Kier molecular flexibility index (Phi) is 8.36. The Balaban J connectivity index is 1.42. The molecule has 28 heavy (non-hydrogen) atoms. The van der Waals surface area contributed by atoms with E-state index in [1.807, 2.05) is 26.1 Å². The van der Waals surface area contributed by atoms with Gasteiger partial charge in [0.15, 0.2) is 5.96 Å². The first-order valence-corrected chi connectivity index (χ1v) is 10.6. The molecule has 1 atom stereocenters.